The molecule has 2 amide bonds. The van der Waals surface area contributed by atoms with Crippen molar-refractivity contribution in [1.82, 2.24) is 9.47 Å². The minimum atomic E-state index is -0.233. The van der Waals surface area contributed by atoms with Gasteiger partial charge in [-0.2, -0.15) is 0 Å². The van der Waals surface area contributed by atoms with E-state index < -0.39 is 0 Å². The molecule has 4 nitrogen and oxygen atoms in total. The van der Waals surface area contributed by atoms with E-state index in [1.165, 1.54) is 30.6 Å². The smallest absolute Gasteiger partial charge is 0.293 e. The van der Waals surface area contributed by atoms with Crippen molar-refractivity contribution in [2.45, 2.75) is 38.3 Å². The number of thioether (sulfide) groups is 1. The van der Waals surface area contributed by atoms with E-state index in [-0.39, 0.29) is 17.7 Å². The molecule has 1 aromatic carbocycles. The van der Waals surface area contributed by atoms with E-state index in [9.17, 15) is 9.59 Å². The molecule has 0 spiro atoms. The molecule has 0 unspecified atom stereocenters. The molecule has 1 aliphatic carbocycles. The number of carbonyl (C=O) groups is 2. The third-order valence-electron chi connectivity index (χ3n) is 4.91. The Morgan fingerprint density at radius 3 is 2.58 bits per heavy atom. The summed E-state index contributed by atoms with van der Waals surface area (Å²) in [6, 6.07) is 9.76. The first kappa shape index (κ1) is 17.4. The lowest BCUT2D eigenvalue weighted by Crippen LogP contribution is -2.27. The fourth-order valence-electron chi connectivity index (χ4n) is 3.51. The fraction of sp³-hybridized carbons (Fsp3) is 0.300. The van der Waals surface area contributed by atoms with Gasteiger partial charge in [0.2, 0.25) is 0 Å². The number of hydrogen-bond acceptors (Lipinski definition) is 3. The molecule has 6 heteroatoms. The van der Waals surface area contributed by atoms with Crippen LogP contribution in [-0.4, -0.2) is 20.6 Å². The largest absolute Gasteiger partial charge is 0.351 e. The Morgan fingerprint density at radius 2 is 1.85 bits per heavy atom. The van der Waals surface area contributed by atoms with Gasteiger partial charge in [-0.15, -0.1) is 0 Å². The second-order valence-electron chi connectivity index (χ2n) is 6.72. The molecule has 1 aromatic heterocycles. The molecule has 0 atom stereocenters. The quantitative estimate of drug-likeness (QED) is 0.652. The maximum absolute atomic E-state index is 12.6. The highest BCUT2D eigenvalue weighted by Gasteiger charge is 2.35. The van der Waals surface area contributed by atoms with Crippen LogP contribution in [0.5, 0.6) is 0 Å². The van der Waals surface area contributed by atoms with Crippen LogP contribution in [0.25, 0.3) is 6.08 Å². The van der Waals surface area contributed by atoms with Gasteiger partial charge in [-0.25, -0.2) is 0 Å². The predicted molar refractivity (Wildman–Crippen MR) is 105 cm³/mol. The van der Waals surface area contributed by atoms with E-state index >= 15 is 0 Å². The lowest BCUT2D eigenvalue weighted by molar-refractivity contribution is -0.123. The van der Waals surface area contributed by atoms with Crippen molar-refractivity contribution in [3.63, 3.8) is 0 Å². The summed E-state index contributed by atoms with van der Waals surface area (Å²) in [6.45, 7) is 0.266. The molecule has 2 heterocycles. The molecule has 0 N–H and O–H groups in total. The van der Waals surface area contributed by atoms with Crippen molar-refractivity contribution in [1.29, 1.82) is 0 Å². The number of hydrogen-bond donors (Lipinski definition) is 0. The van der Waals surface area contributed by atoms with E-state index in [1.54, 1.807) is 12.1 Å². The van der Waals surface area contributed by atoms with E-state index in [0.29, 0.717) is 16.0 Å². The first-order chi connectivity index (χ1) is 12.6. The second kappa shape index (κ2) is 7.33. The number of rotatable bonds is 4. The van der Waals surface area contributed by atoms with Crippen molar-refractivity contribution < 1.29 is 9.59 Å². The summed E-state index contributed by atoms with van der Waals surface area (Å²) in [5.41, 5.74) is 1.85. The van der Waals surface area contributed by atoms with Gasteiger partial charge in [-0.1, -0.05) is 36.6 Å². The Balaban J connectivity index is 1.49. The molecule has 1 aliphatic heterocycles. The number of nitrogens with zero attached hydrogens (tertiary/aromatic N) is 2. The number of amides is 2. The van der Waals surface area contributed by atoms with Crippen LogP contribution in [0.1, 0.15) is 42.9 Å². The SMILES string of the molecule is O=C1S/C(=C/c2ccn(C3CCCC3)c2)C(=O)N1Cc1ccc(Cl)cc1. The summed E-state index contributed by atoms with van der Waals surface area (Å²) in [5, 5.41) is 0.404. The normalized spacial score (nSPS) is 19.9. The fourth-order valence-corrected chi connectivity index (χ4v) is 4.47. The van der Waals surface area contributed by atoms with E-state index in [0.717, 1.165) is 22.9 Å². The van der Waals surface area contributed by atoms with Gasteiger partial charge in [0, 0.05) is 23.5 Å². The van der Waals surface area contributed by atoms with Crippen LogP contribution < -0.4 is 0 Å². The van der Waals surface area contributed by atoms with Gasteiger partial charge in [0.15, 0.2) is 0 Å². The molecule has 2 aliphatic rings. The van der Waals surface area contributed by atoms with Crippen LogP contribution in [0.4, 0.5) is 4.79 Å². The maximum atomic E-state index is 12.6. The molecule has 4 rings (SSSR count). The number of benzene rings is 1. The van der Waals surface area contributed by atoms with E-state index in [1.807, 2.05) is 24.3 Å². The van der Waals surface area contributed by atoms with Crippen molar-refractivity contribution in [2.24, 2.45) is 0 Å². The second-order valence-corrected chi connectivity index (χ2v) is 8.15. The number of halogens is 1. The van der Waals surface area contributed by atoms with Gasteiger partial charge >= 0.3 is 0 Å². The molecule has 1 saturated carbocycles. The van der Waals surface area contributed by atoms with Crippen LogP contribution >= 0.6 is 23.4 Å². The first-order valence-corrected chi connectivity index (χ1v) is 9.97. The van der Waals surface area contributed by atoms with Crippen LogP contribution in [0.15, 0.2) is 47.6 Å². The lowest BCUT2D eigenvalue weighted by atomic mass is 10.2. The van der Waals surface area contributed by atoms with Crippen molar-refractivity contribution in [3.05, 3.63) is 63.8 Å². The molecule has 0 bridgehead atoms. The lowest BCUT2D eigenvalue weighted by Gasteiger charge is -2.12. The Labute approximate surface area is 161 Å². The molecule has 0 radical (unpaired) electrons. The van der Waals surface area contributed by atoms with Crippen LogP contribution in [-0.2, 0) is 11.3 Å². The summed E-state index contributed by atoms with van der Waals surface area (Å²) in [6.07, 6.45) is 10.9. The highest BCUT2D eigenvalue weighted by molar-refractivity contribution is 8.18. The van der Waals surface area contributed by atoms with Gasteiger partial charge in [0.1, 0.15) is 0 Å². The summed E-state index contributed by atoms with van der Waals surface area (Å²) in [5.74, 6) is -0.233. The molecule has 26 heavy (non-hydrogen) atoms. The molecule has 134 valence electrons. The molecule has 1 saturated heterocycles. The van der Waals surface area contributed by atoms with Gasteiger partial charge < -0.3 is 4.57 Å². The standard InChI is InChI=1S/C20H19ClN2O2S/c21-16-7-5-14(6-8-16)13-23-19(24)18(26-20(23)25)11-15-9-10-22(12-15)17-3-1-2-4-17/h5-12,17H,1-4,13H2/b18-11+. The zero-order chi connectivity index (χ0) is 18.1. The molecule has 2 aromatic rings. The van der Waals surface area contributed by atoms with Crippen LogP contribution in [0.3, 0.4) is 0 Å². The molecular weight excluding hydrogens is 368 g/mol. The number of imide groups is 1. The summed E-state index contributed by atoms with van der Waals surface area (Å²) in [7, 11) is 0. The Morgan fingerprint density at radius 1 is 1.12 bits per heavy atom. The van der Waals surface area contributed by atoms with E-state index in [4.69, 9.17) is 11.6 Å². The van der Waals surface area contributed by atoms with Crippen LogP contribution in [0, 0.1) is 0 Å². The third-order valence-corrected chi connectivity index (χ3v) is 6.07. The third kappa shape index (κ3) is 3.60. The average molecular weight is 387 g/mol. The van der Waals surface area contributed by atoms with Crippen LogP contribution in [0.2, 0.25) is 5.02 Å². The Bertz CT molecular complexity index is 866. The van der Waals surface area contributed by atoms with Crippen molar-refractivity contribution in [2.75, 3.05) is 0 Å². The topological polar surface area (TPSA) is 42.3 Å². The summed E-state index contributed by atoms with van der Waals surface area (Å²) in [4.78, 5) is 26.7. The van der Waals surface area contributed by atoms with Gasteiger partial charge in [0.25, 0.3) is 11.1 Å². The predicted octanol–water partition coefficient (Wildman–Crippen LogP) is 5.49. The van der Waals surface area contributed by atoms with E-state index in [2.05, 4.69) is 17.0 Å². The summed E-state index contributed by atoms with van der Waals surface area (Å²) >= 11 is 6.89. The molecular formula is C20H19ClN2O2S. The van der Waals surface area contributed by atoms with Crippen molar-refractivity contribution >= 4 is 40.6 Å². The number of aromatic nitrogens is 1. The number of carbonyl (C=O) groups excluding carboxylic acids is 2. The summed E-state index contributed by atoms with van der Waals surface area (Å²) < 4.78 is 2.23. The Kier molecular flexibility index (Phi) is 4.92. The van der Waals surface area contributed by atoms with Gasteiger partial charge in [-0.3, -0.25) is 14.5 Å². The Hall–Kier alpha value is -1.98. The van der Waals surface area contributed by atoms with Gasteiger partial charge in [0.05, 0.1) is 11.4 Å². The molecule has 2 fully saturated rings. The zero-order valence-corrected chi connectivity index (χ0v) is 15.8. The minimum Gasteiger partial charge on any atom is -0.351 e. The zero-order valence-electron chi connectivity index (χ0n) is 14.2. The van der Waals surface area contributed by atoms with Crippen molar-refractivity contribution in [3.8, 4) is 0 Å². The minimum absolute atomic E-state index is 0.230. The first-order valence-electron chi connectivity index (χ1n) is 8.77. The maximum Gasteiger partial charge on any atom is 0.293 e. The highest BCUT2D eigenvalue weighted by atomic mass is 35.5. The monoisotopic (exact) mass is 386 g/mol. The average Bonchev–Trinajstić information content (AvgIpc) is 3.35. The highest BCUT2D eigenvalue weighted by Crippen LogP contribution is 2.34. The van der Waals surface area contributed by atoms with Gasteiger partial charge in [-0.05, 0) is 60.0 Å².